The van der Waals surface area contributed by atoms with Crippen LogP contribution in [0.1, 0.15) is 24.5 Å². The maximum Gasteiger partial charge on any atom is 0.208 e. The molecule has 0 amide bonds. The Hall–Kier alpha value is -3.28. The number of benzene rings is 2. The standard InChI is InChI=1S/C23H26FN3O2/c1-6-18-14-27(13-17-7-9-19(24)10-8-17)23(25-16(18)3)26-20-12-22(29-5)21(28-4)11-15(20)2/h7-12,14H,3,6,13H2,1-2,4-5H3,(H,25,26). The van der Waals surface area contributed by atoms with Crippen LogP contribution in [0.2, 0.25) is 0 Å². The fourth-order valence-electron chi connectivity index (χ4n) is 3.12. The van der Waals surface area contributed by atoms with E-state index >= 15 is 0 Å². The molecule has 0 bridgehead atoms. The van der Waals surface area contributed by atoms with E-state index in [0.717, 1.165) is 34.5 Å². The van der Waals surface area contributed by atoms with Crippen molar-refractivity contribution in [2.45, 2.75) is 26.8 Å². The Morgan fingerprint density at radius 3 is 2.38 bits per heavy atom. The van der Waals surface area contributed by atoms with Gasteiger partial charge in [0, 0.05) is 18.0 Å². The molecular formula is C23H26FN3O2. The van der Waals surface area contributed by atoms with Crippen LogP contribution in [-0.4, -0.2) is 25.1 Å². The van der Waals surface area contributed by atoms with E-state index in [4.69, 9.17) is 14.5 Å². The van der Waals surface area contributed by atoms with Crippen LogP contribution in [0.5, 0.6) is 11.5 Å². The molecule has 2 aromatic carbocycles. The molecule has 1 N–H and O–H groups in total. The molecule has 0 fully saturated rings. The number of methoxy groups -OCH3 is 2. The van der Waals surface area contributed by atoms with Gasteiger partial charge >= 0.3 is 0 Å². The molecule has 29 heavy (non-hydrogen) atoms. The van der Waals surface area contributed by atoms with E-state index in [0.29, 0.717) is 24.0 Å². The van der Waals surface area contributed by atoms with Gasteiger partial charge < -0.3 is 19.7 Å². The monoisotopic (exact) mass is 395 g/mol. The molecule has 6 heteroatoms. The van der Waals surface area contributed by atoms with Crippen molar-refractivity contribution in [2.75, 3.05) is 14.2 Å². The number of hydrogen-bond acceptors (Lipinski definition) is 3. The normalized spacial score (nSPS) is 15.2. The lowest BCUT2D eigenvalue weighted by atomic mass is 10.1. The minimum atomic E-state index is -0.251. The van der Waals surface area contributed by atoms with Gasteiger partial charge in [0.1, 0.15) is 5.82 Å². The maximum atomic E-state index is 13.3. The molecule has 0 spiro atoms. The van der Waals surface area contributed by atoms with E-state index in [-0.39, 0.29) is 5.82 Å². The van der Waals surface area contributed by atoms with Crippen molar-refractivity contribution in [3.05, 3.63) is 77.4 Å². The lowest BCUT2D eigenvalue weighted by Gasteiger charge is -2.30. The molecule has 0 atom stereocenters. The summed E-state index contributed by atoms with van der Waals surface area (Å²) in [6.07, 6.45) is 2.88. The lowest BCUT2D eigenvalue weighted by molar-refractivity contribution is 0.355. The van der Waals surface area contributed by atoms with Crippen LogP contribution in [0, 0.1) is 12.7 Å². The van der Waals surface area contributed by atoms with Gasteiger partial charge in [-0.15, -0.1) is 0 Å². The number of allylic oxidation sites excluding steroid dienone is 1. The maximum absolute atomic E-state index is 13.3. The molecule has 0 radical (unpaired) electrons. The first-order chi connectivity index (χ1) is 13.9. The molecule has 3 rings (SSSR count). The highest BCUT2D eigenvalue weighted by molar-refractivity contribution is 5.88. The lowest BCUT2D eigenvalue weighted by Crippen LogP contribution is -2.41. The zero-order chi connectivity index (χ0) is 21.0. The van der Waals surface area contributed by atoms with Crippen LogP contribution in [0.15, 0.2) is 65.4 Å². The third-order valence-corrected chi connectivity index (χ3v) is 4.81. The summed E-state index contributed by atoms with van der Waals surface area (Å²) >= 11 is 0. The molecule has 0 saturated heterocycles. The predicted molar refractivity (Wildman–Crippen MR) is 114 cm³/mol. The quantitative estimate of drug-likeness (QED) is 0.743. The summed E-state index contributed by atoms with van der Waals surface area (Å²) < 4.78 is 24.1. The van der Waals surface area contributed by atoms with Crippen molar-refractivity contribution in [3.63, 3.8) is 0 Å². The second-order valence-electron chi connectivity index (χ2n) is 6.79. The number of hydrogen-bond donors (Lipinski definition) is 1. The zero-order valence-electron chi connectivity index (χ0n) is 17.3. The Balaban J connectivity index is 2.01. The Labute approximate surface area is 171 Å². The first-order valence-electron chi connectivity index (χ1n) is 9.44. The SMILES string of the molecule is C=C1NC(=Nc2cc(OC)c(OC)cc2C)N(Cc2ccc(F)cc2)C=C1CC. The summed E-state index contributed by atoms with van der Waals surface area (Å²) in [7, 11) is 3.21. The molecule has 1 aliphatic heterocycles. The van der Waals surface area contributed by atoms with Gasteiger partial charge in [0.15, 0.2) is 11.5 Å². The van der Waals surface area contributed by atoms with E-state index < -0.39 is 0 Å². The number of guanidine groups is 1. The number of ether oxygens (including phenoxy) is 2. The van der Waals surface area contributed by atoms with Crippen LogP contribution in [0.25, 0.3) is 0 Å². The summed E-state index contributed by atoms with van der Waals surface area (Å²) in [4.78, 5) is 6.84. The Morgan fingerprint density at radius 2 is 1.76 bits per heavy atom. The zero-order valence-corrected chi connectivity index (χ0v) is 17.3. The van der Waals surface area contributed by atoms with Gasteiger partial charge in [-0.2, -0.15) is 0 Å². The largest absolute Gasteiger partial charge is 0.493 e. The fraction of sp³-hybridized carbons (Fsp3) is 0.261. The van der Waals surface area contributed by atoms with Crippen molar-refractivity contribution in [1.29, 1.82) is 0 Å². The summed E-state index contributed by atoms with van der Waals surface area (Å²) in [6, 6.07) is 10.2. The van der Waals surface area contributed by atoms with E-state index in [1.807, 2.05) is 30.2 Å². The molecule has 1 heterocycles. The van der Waals surface area contributed by atoms with Gasteiger partial charge in [0.05, 0.1) is 26.5 Å². The second-order valence-corrected chi connectivity index (χ2v) is 6.79. The number of nitrogens with one attached hydrogen (secondary N) is 1. The summed E-state index contributed by atoms with van der Waals surface area (Å²) in [6.45, 7) is 8.71. The van der Waals surface area contributed by atoms with Crippen molar-refractivity contribution in [2.24, 2.45) is 4.99 Å². The van der Waals surface area contributed by atoms with Gasteiger partial charge in [-0.3, -0.25) is 0 Å². The smallest absolute Gasteiger partial charge is 0.208 e. The van der Waals surface area contributed by atoms with Crippen LogP contribution >= 0.6 is 0 Å². The molecule has 1 aliphatic rings. The first-order valence-corrected chi connectivity index (χ1v) is 9.44. The van der Waals surface area contributed by atoms with Gasteiger partial charge in [-0.25, -0.2) is 9.38 Å². The average molecular weight is 395 g/mol. The van der Waals surface area contributed by atoms with Crippen molar-refractivity contribution in [3.8, 4) is 11.5 Å². The summed E-state index contributed by atoms with van der Waals surface area (Å²) in [5.41, 5.74) is 4.60. The molecular weight excluding hydrogens is 369 g/mol. The number of halogens is 1. The molecule has 2 aromatic rings. The number of rotatable bonds is 6. The number of aliphatic imine (C=N–C) groups is 1. The van der Waals surface area contributed by atoms with Crippen LogP contribution in [-0.2, 0) is 6.54 Å². The van der Waals surface area contributed by atoms with Crippen LogP contribution in [0.3, 0.4) is 0 Å². The van der Waals surface area contributed by atoms with E-state index in [1.165, 1.54) is 12.1 Å². The third-order valence-electron chi connectivity index (χ3n) is 4.81. The molecule has 5 nitrogen and oxygen atoms in total. The Morgan fingerprint density at radius 1 is 1.10 bits per heavy atom. The summed E-state index contributed by atoms with van der Waals surface area (Å²) in [5.74, 6) is 1.67. The predicted octanol–water partition coefficient (Wildman–Crippen LogP) is 5.05. The Bertz CT molecular complexity index is 965. The number of nitrogens with zero attached hydrogens (tertiary/aromatic N) is 2. The molecule has 152 valence electrons. The minimum absolute atomic E-state index is 0.251. The molecule has 0 saturated carbocycles. The highest BCUT2D eigenvalue weighted by atomic mass is 19.1. The van der Waals surface area contributed by atoms with Gasteiger partial charge in [-0.05, 0) is 48.2 Å². The van der Waals surface area contributed by atoms with E-state index in [2.05, 4.69) is 18.8 Å². The van der Waals surface area contributed by atoms with Crippen LogP contribution < -0.4 is 14.8 Å². The molecule has 0 aliphatic carbocycles. The minimum Gasteiger partial charge on any atom is -0.493 e. The topological polar surface area (TPSA) is 46.1 Å². The van der Waals surface area contributed by atoms with Crippen molar-refractivity contribution >= 4 is 11.6 Å². The second kappa shape index (κ2) is 8.82. The third kappa shape index (κ3) is 4.59. The fourth-order valence-corrected chi connectivity index (χ4v) is 3.12. The van der Waals surface area contributed by atoms with Crippen molar-refractivity contribution < 1.29 is 13.9 Å². The van der Waals surface area contributed by atoms with Gasteiger partial charge in [0.2, 0.25) is 5.96 Å². The van der Waals surface area contributed by atoms with E-state index in [9.17, 15) is 4.39 Å². The van der Waals surface area contributed by atoms with Gasteiger partial charge in [0.25, 0.3) is 0 Å². The molecule has 0 aromatic heterocycles. The average Bonchev–Trinajstić information content (AvgIpc) is 2.72. The van der Waals surface area contributed by atoms with Gasteiger partial charge in [-0.1, -0.05) is 25.6 Å². The number of aryl methyl sites for hydroxylation is 1. The summed E-state index contributed by atoms with van der Waals surface area (Å²) in [5, 5.41) is 3.31. The highest BCUT2D eigenvalue weighted by Gasteiger charge is 2.20. The Kier molecular flexibility index (Phi) is 6.22. The highest BCUT2D eigenvalue weighted by Crippen LogP contribution is 2.35. The molecule has 0 unspecified atom stereocenters. The van der Waals surface area contributed by atoms with Crippen molar-refractivity contribution in [1.82, 2.24) is 10.2 Å². The van der Waals surface area contributed by atoms with Crippen LogP contribution in [0.4, 0.5) is 10.1 Å². The first kappa shape index (κ1) is 20.5. The van der Waals surface area contributed by atoms with E-state index in [1.54, 1.807) is 26.4 Å².